The summed E-state index contributed by atoms with van der Waals surface area (Å²) in [6, 6.07) is 0. The number of aromatic nitrogens is 4. The summed E-state index contributed by atoms with van der Waals surface area (Å²) in [5.74, 6) is 0.431. The van der Waals surface area contributed by atoms with Crippen molar-refractivity contribution < 1.29 is 75.7 Å². The number of aliphatic hydroxyl groups is 2. The third kappa shape index (κ3) is 13.1. The van der Waals surface area contributed by atoms with Crippen LogP contribution in [-0.2, 0) is 45.9 Å². The maximum atomic E-state index is 12.6. The van der Waals surface area contributed by atoms with Gasteiger partial charge in [0.15, 0.2) is 17.7 Å². The van der Waals surface area contributed by atoms with Crippen LogP contribution in [0, 0.1) is 5.41 Å². The summed E-state index contributed by atoms with van der Waals surface area (Å²) in [6.45, 7) is 2.97. The van der Waals surface area contributed by atoms with Crippen LogP contribution in [0.5, 0.6) is 0 Å². The number of carbonyl (C=O) groups excluding carboxylic acids is 2. The van der Waals surface area contributed by atoms with Gasteiger partial charge in [-0.1, -0.05) is 20.8 Å². The van der Waals surface area contributed by atoms with Crippen molar-refractivity contribution in [2.45, 2.75) is 64.3 Å². The van der Waals surface area contributed by atoms with E-state index < -0.39 is 78.6 Å². The van der Waals surface area contributed by atoms with Crippen LogP contribution < -0.4 is 16.4 Å². The van der Waals surface area contributed by atoms with Crippen LogP contribution in [0.3, 0.4) is 0 Å². The minimum atomic E-state index is -5.54. The zero-order valence-corrected chi connectivity index (χ0v) is 31.1. The van der Waals surface area contributed by atoms with E-state index in [1.165, 1.54) is 13.8 Å². The normalized spacial score (nSPS) is 22.7. The third-order valence-corrected chi connectivity index (χ3v) is 11.3. The first-order chi connectivity index (χ1) is 23.7. The molecule has 0 bridgehead atoms. The first kappa shape index (κ1) is 43.3. The molecule has 1 fully saturated rings. The zero-order chi connectivity index (χ0) is 38.2. The predicted octanol–water partition coefficient (Wildman–Crippen LogP) is -0.452. The molecule has 27 heteroatoms. The first-order valence-electron chi connectivity index (χ1n) is 15.1. The first-order valence-corrected chi connectivity index (χ1v) is 20.8. The fourth-order valence-electron chi connectivity index (χ4n) is 4.45. The highest BCUT2D eigenvalue weighted by atomic mass is 32.2. The second-order valence-corrected chi connectivity index (χ2v) is 17.1. The molecule has 0 aliphatic carbocycles. The van der Waals surface area contributed by atoms with E-state index >= 15 is 0 Å². The van der Waals surface area contributed by atoms with E-state index in [4.69, 9.17) is 19.5 Å². The molecule has 7 atom stereocenters. The molecule has 23 nitrogen and oxygen atoms in total. The Morgan fingerprint density at radius 2 is 1.76 bits per heavy atom. The fourth-order valence-corrected chi connectivity index (χ4v) is 8.02. The van der Waals surface area contributed by atoms with Gasteiger partial charge in [0, 0.05) is 30.7 Å². The van der Waals surface area contributed by atoms with Crippen molar-refractivity contribution in [2.24, 2.45) is 5.41 Å². The van der Waals surface area contributed by atoms with Gasteiger partial charge in [0.1, 0.15) is 36.3 Å². The van der Waals surface area contributed by atoms with Crippen LogP contribution in [0.4, 0.5) is 5.82 Å². The van der Waals surface area contributed by atoms with Gasteiger partial charge in [-0.2, -0.15) is 16.1 Å². The number of nitrogen functional groups attached to an aromatic ring is 1. The van der Waals surface area contributed by atoms with Crippen molar-refractivity contribution in [3.05, 3.63) is 12.7 Å². The molecular formula is C24H42N7O16P3S. The van der Waals surface area contributed by atoms with E-state index in [-0.39, 0.29) is 35.9 Å². The summed E-state index contributed by atoms with van der Waals surface area (Å²) in [7, 11) is -16.3. The molecule has 3 heterocycles. The lowest BCUT2D eigenvalue weighted by atomic mass is 9.87. The highest BCUT2D eigenvalue weighted by Gasteiger charge is 2.50. The molecule has 2 aromatic heterocycles. The lowest BCUT2D eigenvalue weighted by molar-refractivity contribution is -0.137. The summed E-state index contributed by atoms with van der Waals surface area (Å²) in [5.41, 5.74) is 4.32. The van der Waals surface area contributed by atoms with Gasteiger partial charge >= 0.3 is 23.5 Å². The van der Waals surface area contributed by atoms with Gasteiger partial charge in [-0.05, 0) is 12.2 Å². The van der Waals surface area contributed by atoms with E-state index in [1.54, 1.807) is 11.8 Å². The van der Waals surface area contributed by atoms with Gasteiger partial charge in [-0.3, -0.25) is 27.7 Å². The summed E-state index contributed by atoms with van der Waals surface area (Å²) in [5, 5.41) is 26.4. The maximum absolute atomic E-state index is 12.6. The molecule has 3 rings (SSSR count). The molecule has 290 valence electrons. The Balaban J connectivity index is 1.55. The summed E-state index contributed by atoms with van der Waals surface area (Å²) in [6.07, 6.45) is -5.67. The molecule has 0 aromatic carbocycles. The van der Waals surface area contributed by atoms with Crippen LogP contribution in [-0.4, -0.2) is 123 Å². The lowest BCUT2D eigenvalue weighted by Gasteiger charge is -2.30. The van der Waals surface area contributed by atoms with E-state index in [9.17, 15) is 53.1 Å². The molecule has 1 saturated heterocycles. The Morgan fingerprint density at radius 1 is 1.08 bits per heavy atom. The van der Waals surface area contributed by atoms with Crippen molar-refractivity contribution in [3.63, 3.8) is 0 Å². The van der Waals surface area contributed by atoms with Crippen LogP contribution in [0.1, 0.15) is 39.8 Å². The quantitative estimate of drug-likeness (QED) is 0.0569. The number of nitrogens with one attached hydrogen (secondary N) is 2. The average Bonchev–Trinajstić information content (AvgIpc) is 3.58. The van der Waals surface area contributed by atoms with Gasteiger partial charge in [-0.15, -0.1) is 0 Å². The van der Waals surface area contributed by atoms with Gasteiger partial charge in [0.05, 0.1) is 19.5 Å². The number of anilines is 1. The van der Waals surface area contributed by atoms with E-state index in [0.717, 1.165) is 35.1 Å². The Bertz CT molecular complexity index is 1650. The number of nitrogens with two attached hydrogens (primary N) is 1. The van der Waals surface area contributed by atoms with Crippen LogP contribution in [0.2, 0.25) is 0 Å². The molecular weight excluding hydrogens is 767 g/mol. The number of nitrogens with zero attached hydrogens (tertiary/aromatic N) is 4. The fraction of sp³-hybridized carbons (Fsp3) is 0.708. The minimum Gasteiger partial charge on any atom is -0.386 e. The predicted molar refractivity (Wildman–Crippen MR) is 177 cm³/mol. The highest BCUT2D eigenvalue weighted by molar-refractivity contribution is 7.99. The van der Waals surface area contributed by atoms with Crippen LogP contribution in [0.25, 0.3) is 11.2 Å². The number of carbonyl (C=O) groups is 2. The van der Waals surface area contributed by atoms with E-state index in [0.29, 0.717) is 6.54 Å². The number of ether oxygens (including phenoxy) is 1. The van der Waals surface area contributed by atoms with Gasteiger partial charge in [0.25, 0.3) is 0 Å². The molecule has 2 amide bonds. The average molecular weight is 810 g/mol. The van der Waals surface area contributed by atoms with Crippen LogP contribution >= 0.6 is 35.2 Å². The smallest absolute Gasteiger partial charge is 0.386 e. The Labute approximate surface area is 295 Å². The molecule has 0 radical (unpaired) electrons. The third-order valence-electron chi connectivity index (χ3n) is 6.99. The molecule has 0 saturated carbocycles. The minimum absolute atomic E-state index is 0.0340. The van der Waals surface area contributed by atoms with Crippen molar-refractivity contribution in [1.82, 2.24) is 30.2 Å². The highest BCUT2D eigenvalue weighted by Crippen LogP contribution is 2.61. The van der Waals surface area contributed by atoms with Crippen LogP contribution in [0.15, 0.2) is 12.7 Å². The largest absolute Gasteiger partial charge is 0.481 e. The Kier molecular flexibility index (Phi) is 15.5. The van der Waals surface area contributed by atoms with E-state index in [2.05, 4.69) is 34.4 Å². The zero-order valence-electron chi connectivity index (χ0n) is 27.6. The number of fused-ring (bicyclic) bond motifs is 1. The second-order valence-electron chi connectivity index (χ2n) is 11.7. The molecule has 51 heavy (non-hydrogen) atoms. The number of phosphoric acid groups is 3. The maximum Gasteiger partial charge on any atom is 0.481 e. The number of hydrogen-bond acceptors (Lipinski definition) is 17. The number of amides is 2. The molecule has 4 unspecified atom stereocenters. The summed E-state index contributed by atoms with van der Waals surface area (Å²) >= 11 is 1.69. The topological polar surface area (TPSA) is 347 Å². The number of aliphatic hydroxyl groups excluding tert-OH is 2. The molecule has 2 aromatic rings. The van der Waals surface area contributed by atoms with Gasteiger partial charge in [0.2, 0.25) is 11.8 Å². The number of thioether (sulfide) groups is 1. The summed E-state index contributed by atoms with van der Waals surface area (Å²) in [4.78, 5) is 75.2. The van der Waals surface area contributed by atoms with Crippen molar-refractivity contribution in [3.8, 4) is 0 Å². The lowest BCUT2D eigenvalue weighted by Crippen LogP contribution is -2.46. The Hall–Kier alpha value is -2.11. The number of imidazole rings is 1. The second kappa shape index (κ2) is 18.3. The molecule has 1 aliphatic rings. The standard InChI is InChI=1S/C24H42N7O16P3S/c1-4-8-51-9-7-26-15(32)5-6-27-22(35)19(34)24(2,3)11-44-50(41,42)47-49(39,40)43-10-14-18(46-48(36,37)38)17(33)23(45-14)31-13-30-16-20(25)28-12-29-21(16)31/h12-14,17-19,23,33-34H,4-11H2,1-3H3,(H,26,32)(H,27,35)(H,39,40)(H,41,42)(H2,25,28,29)(H2,36,37,38)/t14-,17?,18+,19?,23-/m1/s1. The monoisotopic (exact) mass is 809 g/mol. The van der Waals surface area contributed by atoms with Crippen molar-refractivity contribution in [2.75, 3.05) is 43.5 Å². The molecule has 0 spiro atoms. The van der Waals surface area contributed by atoms with Crippen molar-refractivity contribution in [1.29, 1.82) is 0 Å². The molecule has 10 N–H and O–H groups in total. The molecule has 1 aliphatic heterocycles. The number of phosphoric ester groups is 3. The van der Waals surface area contributed by atoms with E-state index in [1.807, 2.05) is 6.92 Å². The number of rotatable bonds is 21. The number of hydrogen-bond donors (Lipinski definition) is 9. The SMILES string of the molecule is CCCSCCNC(=O)CCNC(=O)C(O)C(C)(C)COP(=O)(O)OP(=O)(O)OC[C@H]1O[C@@H](n2cnc3c(N)ncnc32)C(O)[C@H]1OP(=O)(O)O. The summed E-state index contributed by atoms with van der Waals surface area (Å²) < 4.78 is 62.0. The van der Waals surface area contributed by atoms with Crippen molar-refractivity contribution >= 4 is 64.0 Å². The Morgan fingerprint density at radius 3 is 2.43 bits per heavy atom. The van der Waals surface area contributed by atoms with Gasteiger partial charge in [-0.25, -0.2) is 28.6 Å². The van der Waals surface area contributed by atoms with Gasteiger partial charge < -0.3 is 50.9 Å².